The van der Waals surface area contributed by atoms with Crippen molar-refractivity contribution in [2.75, 3.05) is 6.54 Å². The summed E-state index contributed by atoms with van der Waals surface area (Å²) in [5, 5.41) is 17.4. The van der Waals surface area contributed by atoms with Crippen LogP contribution >= 0.6 is 0 Å². The molecule has 0 aliphatic rings. The molecule has 0 fully saturated rings. The van der Waals surface area contributed by atoms with Crippen molar-refractivity contribution >= 4 is 5.91 Å². The van der Waals surface area contributed by atoms with Gasteiger partial charge in [-0.25, -0.2) is 0 Å². The van der Waals surface area contributed by atoms with Crippen molar-refractivity contribution in [3.8, 4) is 6.07 Å². The van der Waals surface area contributed by atoms with Gasteiger partial charge in [0.15, 0.2) is 0 Å². The third kappa shape index (κ3) is 2.59. The van der Waals surface area contributed by atoms with E-state index in [-0.39, 0.29) is 5.91 Å². The summed E-state index contributed by atoms with van der Waals surface area (Å²) in [6.07, 6.45) is 2.64. The van der Waals surface area contributed by atoms with E-state index in [9.17, 15) is 4.79 Å². The Morgan fingerprint density at radius 3 is 3.14 bits per heavy atom. The molecule has 5 heteroatoms. The number of unbranched alkanes of at least 4 members (excludes halogenated alkanes) is 1. The zero-order valence-corrected chi connectivity index (χ0v) is 8.00. The molecule has 0 bridgehead atoms. The number of aromatic nitrogens is 2. The van der Waals surface area contributed by atoms with Crippen LogP contribution in [0.3, 0.4) is 0 Å². The number of aryl methyl sites for hydroxylation is 1. The van der Waals surface area contributed by atoms with E-state index < -0.39 is 0 Å². The molecule has 0 aliphatic carbocycles. The second-order valence-electron chi connectivity index (χ2n) is 2.93. The van der Waals surface area contributed by atoms with Crippen molar-refractivity contribution < 1.29 is 4.79 Å². The van der Waals surface area contributed by atoms with Crippen LogP contribution < -0.4 is 5.32 Å². The van der Waals surface area contributed by atoms with Gasteiger partial charge in [-0.05, 0) is 13.3 Å². The number of carbonyl (C=O) groups is 1. The molecule has 0 saturated carbocycles. The average Bonchev–Trinajstić information content (AvgIpc) is 2.59. The summed E-state index contributed by atoms with van der Waals surface area (Å²) in [7, 11) is 0. The number of amides is 1. The minimum absolute atomic E-state index is 0.144. The van der Waals surface area contributed by atoms with E-state index in [1.54, 1.807) is 6.92 Å². The van der Waals surface area contributed by atoms with Gasteiger partial charge >= 0.3 is 0 Å². The molecule has 14 heavy (non-hydrogen) atoms. The van der Waals surface area contributed by atoms with Crippen LogP contribution in [0.1, 0.15) is 28.9 Å². The van der Waals surface area contributed by atoms with Gasteiger partial charge in [0.05, 0.1) is 17.8 Å². The summed E-state index contributed by atoms with van der Waals surface area (Å²) in [5.41, 5.74) is 1.31. The fourth-order valence-electron chi connectivity index (χ4n) is 1.04. The first kappa shape index (κ1) is 10.3. The first-order chi connectivity index (χ1) is 6.75. The number of rotatable bonds is 4. The van der Waals surface area contributed by atoms with Crippen LogP contribution in [0.4, 0.5) is 0 Å². The monoisotopic (exact) mass is 192 g/mol. The molecule has 0 aliphatic heterocycles. The van der Waals surface area contributed by atoms with Gasteiger partial charge < -0.3 is 5.32 Å². The highest BCUT2D eigenvalue weighted by molar-refractivity contribution is 5.94. The molecule has 1 rings (SSSR count). The predicted molar refractivity (Wildman–Crippen MR) is 50.5 cm³/mol. The lowest BCUT2D eigenvalue weighted by molar-refractivity contribution is 0.0953. The summed E-state index contributed by atoms with van der Waals surface area (Å²) in [6.45, 7) is 2.31. The Bertz CT molecular complexity index is 350. The number of nitrogens with one attached hydrogen (secondary N) is 2. The van der Waals surface area contributed by atoms with Gasteiger partial charge in [0.25, 0.3) is 5.91 Å². The van der Waals surface area contributed by atoms with Gasteiger partial charge in [0.1, 0.15) is 0 Å². The van der Waals surface area contributed by atoms with Crippen LogP contribution in [-0.4, -0.2) is 22.6 Å². The van der Waals surface area contributed by atoms with Crippen molar-refractivity contribution in [3.05, 3.63) is 17.5 Å². The van der Waals surface area contributed by atoms with Crippen molar-refractivity contribution in [2.45, 2.75) is 19.8 Å². The van der Waals surface area contributed by atoms with Crippen LogP contribution in [0.25, 0.3) is 0 Å². The molecule has 1 amide bonds. The van der Waals surface area contributed by atoms with E-state index in [1.807, 2.05) is 6.07 Å². The lowest BCUT2D eigenvalue weighted by Crippen LogP contribution is -2.24. The van der Waals surface area contributed by atoms with E-state index in [0.717, 1.165) is 5.69 Å². The number of hydrogen-bond donors (Lipinski definition) is 2. The largest absolute Gasteiger partial charge is 0.352 e. The minimum Gasteiger partial charge on any atom is -0.352 e. The molecule has 0 saturated heterocycles. The van der Waals surface area contributed by atoms with Crippen molar-refractivity contribution in [1.82, 2.24) is 15.5 Å². The molecule has 0 unspecified atom stereocenters. The van der Waals surface area contributed by atoms with Gasteiger partial charge in [-0.3, -0.25) is 9.89 Å². The highest BCUT2D eigenvalue weighted by atomic mass is 16.1. The van der Waals surface area contributed by atoms with Crippen molar-refractivity contribution in [1.29, 1.82) is 5.26 Å². The van der Waals surface area contributed by atoms with Crippen molar-refractivity contribution in [3.63, 3.8) is 0 Å². The Balaban J connectivity index is 2.37. The molecule has 0 atom stereocenters. The molecule has 1 aromatic heterocycles. The third-order valence-electron chi connectivity index (χ3n) is 1.83. The van der Waals surface area contributed by atoms with Gasteiger partial charge in [0, 0.05) is 18.7 Å². The normalized spacial score (nSPS) is 9.43. The molecular formula is C9H12N4O. The number of aromatic amines is 1. The Hall–Kier alpha value is -1.83. The summed E-state index contributed by atoms with van der Waals surface area (Å²) in [5.74, 6) is -0.144. The second-order valence-corrected chi connectivity index (χ2v) is 2.93. The molecular weight excluding hydrogens is 180 g/mol. The van der Waals surface area contributed by atoms with E-state index in [0.29, 0.717) is 24.9 Å². The number of hydrogen-bond acceptors (Lipinski definition) is 3. The highest BCUT2D eigenvalue weighted by Crippen LogP contribution is 2.01. The molecule has 5 nitrogen and oxygen atoms in total. The van der Waals surface area contributed by atoms with E-state index in [4.69, 9.17) is 5.26 Å². The van der Waals surface area contributed by atoms with Gasteiger partial charge in [0.2, 0.25) is 0 Å². The lowest BCUT2D eigenvalue weighted by Gasteiger charge is -2.01. The number of nitriles is 1. The van der Waals surface area contributed by atoms with E-state index in [2.05, 4.69) is 15.5 Å². The maximum absolute atomic E-state index is 11.4. The predicted octanol–water partition coefficient (Wildman–Crippen LogP) is 0.752. The molecule has 0 spiro atoms. The zero-order chi connectivity index (χ0) is 10.4. The number of nitrogens with zero attached hydrogens (tertiary/aromatic N) is 2. The fourth-order valence-corrected chi connectivity index (χ4v) is 1.04. The standard InChI is InChI=1S/C9H12N4O/c1-7-8(6-12-13-7)9(14)11-5-3-2-4-10/h6H,2-3,5H2,1H3,(H,11,14)(H,12,13). The topological polar surface area (TPSA) is 81.6 Å². The van der Waals surface area contributed by atoms with E-state index >= 15 is 0 Å². The third-order valence-corrected chi connectivity index (χ3v) is 1.83. The lowest BCUT2D eigenvalue weighted by atomic mass is 10.2. The summed E-state index contributed by atoms with van der Waals surface area (Å²) < 4.78 is 0. The van der Waals surface area contributed by atoms with E-state index in [1.165, 1.54) is 6.20 Å². The Kier molecular flexibility index (Phi) is 3.68. The molecule has 0 aromatic carbocycles. The van der Waals surface area contributed by atoms with Crippen molar-refractivity contribution in [2.24, 2.45) is 0 Å². The Labute approximate surface area is 82.1 Å². The van der Waals surface area contributed by atoms with Gasteiger partial charge in [-0.1, -0.05) is 0 Å². The van der Waals surface area contributed by atoms with Crippen LogP contribution in [0, 0.1) is 18.3 Å². The highest BCUT2D eigenvalue weighted by Gasteiger charge is 2.08. The molecule has 0 radical (unpaired) electrons. The molecule has 1 heterocycles. The maximum Gasteiger partial charge on any atom is 0.254 e. The summed E-state index contributed by atoms with van der Waals surface area (Å²) in [6, 6.07) is 2.02. The Morgan fingerprint density at radius 1 is 1.79 bits per heavy atom. The number of H-pyrrole nitrogens is 1. The Morgan fingerprint density at radius 2 is 2.57 bits per heavy atom. The smallest absolute Gasteiger partial charge is 0.254 e. The summed E-state index contributed by atoms with van der Waals surface area (Å²) in [4.78, 5) is 11.4. The van der Waals surface area contributed by atoms with Crippen LogP contribution in [0.5, 0.6) is 0 Å². The van der Waals surface area contributed by atoms with Crippen LogP contribution in [0.2, 0.25) is 0 Å². The average molecular weight is 192 g/mol. The first-order valence-electron chi connectivity index (χ1n) is 4.41. The summed E-state index contributed by atoms with van der Waals surface area (Å²) >= 11 is 0. The SMILES string of the molecule is Cc1[nH]ncc1C(=O)NCCCC#N. The molecule has 1 aromatic rings. The maximum atomic E-state index is 11.4. The zero-order valence-electron chi connectivity index (χ0n) is 8.00. The quantitative estimate of drug-likeness (QED) is 0.691. The van der Waals surface area contributed by atoms with Crippen LogP contribution in [-0.2, 0) is 0 Å². The molecule has 2 N–H and O–H groups in total. The molecule has 74 valence electrons. The number of carbonyl (C=O) groups excluding carboxylic acids is 1. The van der Waals surface area contributed by atoms with Gasteiger partial charge in [-0.2, -0.15) is 10.4 Å². The second kappa shape index (κ2) is 5.02. The minimum atomic E-state index is -0.144. The fraction of sp³-hybridized carbons (Fsp3) is 0.444. The first-order valence-corrected chi connectivity index (χ1v) is 4.41. The van der Waals surface area contributed by atoms with Gasteiger partial charge in [-0.15, -0.1) is 0 Å². The van der Waals surface area contributed by atoms with Crippen LogP contribution in [0.15, 0.2) is 6.20 Å².